The maximum Gasteiger partial charge on any atom is 0.264 e. The Labute approximate surface area is 767 Å². The van der Waals surface area contributed by atoms with E-state index >= 15 is 0 Å². The van der Waals surface area contributed by atoms with Crippen molar-refractivity contribution in [3.63, 3.8) is 0 Å². The summed E-state index contributed by atoms with van der Waals surface area (Å²) in [4.78, 5) is 84.1. The van der Waals surface area contributed by atoms with Crippen LogP contribution in [0.1, 0.15) is 153 Å². The molecule has 0 unspecified atom stereocenters. The SMILES string of the molecule is C[C@@H]1CNC[C@H](C)N1C.Cc1cc(OCCCN2C[C@@H](C)N(C)[C@@H](C)C2)c2oc3cc(Br)ccc3c(=O)c2c1.Cc1cc(OCCCN2C[C@@H](C)N(C)[C@@H](C)C2)c2oc3cc(Oc4ccc(CCC(=O)NC5CCCC5)nc4)ccc3c(=O)c2c1.Cc1cc(OCCCOS(C)(=O)=O)c2oc3cc(Br)ccc3c(=O)c2c1.O=C(CCc1ccc(O)cn1)NC1CCCC1. The van der Waals surface area contributed by atoms with Crippen molar-refractivity contribution in [2.45, 2.75) is 207 Å². The van der Waals surface area contributed by atoms with Crippen molar-refractivity contribution in [1.82, 2.24) is 50.4 Å². The van der Waals surface area contributed by atoms with Crippen molar-refractivity contribution in [2.24, 2.45) is 0 Å². The molecule has 0 bridgehead atoms. The van der Waals surface area contributed by atoms with E-state index in [2.05, 4.69) is 149 Å². The van der Waals surface area contributed by atoms with Gasteiger partial charge in [0, 0.05) is 146 Å². The minimum absolute atomic E-state index is 0.0206. The summed E-state index contributed by atoms with van der Waals surface area (Å²) in [5.41, 5.74) is 7.04. The van der Waals surface area contributed by atoms with Crippen molar-refractivity contribution in [3.05, 3.63) is 195 Å². The number of carbonyl (C=O) groups is 2. The van der Waals surface area contributed by atoms with Gasteiger partial charge in [0.15, 0.2) is 34.0 Å². The zero-order valence-corrected chi connectivity index (χ0v) is 80.2. The van der Waals surface area contributed by atoms with E-state index in [0.29, 0.717) is 188 Å². The molecule has 29 heteroatoms. The van der Waals surface area contributed by atoms with Crippen LogP contribution >= 0.6 is 31.9 Å². The van der Waals surface area contributed by atoms with Crippen molar-refractivity contribution >= 4 is 120 Å². The lowest BCUT2D eigenvalue weighted by Crippen LogP contribution is -2.55. The average Bonchev–Trinajstić information content (AvgIpc) is 1.05. The number of aromatic hydroxyl groups is 1. The Morgan fingerprint density at radius 3 is 1.23 bits per heavy atom. The summed E-state index contributed by atoms with van der Waals surface area (Å²) in [5.74, 6) is 3.10. The molecule has 0 spiro atoms. The van der Waals surface area contributed by atoms with Gasteiger partial charge in [0.25, 0.3) is 10.1 Å². The second-order valence-corrected chi connectivity index (χ2v) is 38.7. The highest BCUT2D eigenvalue weighted by molar-refractivity contribution is 9.10. The van der Waals surface area contributed by atoms with Gasteiger partial charge in [-0.05, 0) is 261 Å². The van der Waals surface area contributed by atoms with E-state index in [1.165, 1.54) is 31.9 Å². The monoisotopic (exact) mass is 1900 g/mol. The molecular weight excluding hydrogens is 1780 g/mol. The van der Waals surface area contributed by atoms with Gasteiger partial charge in [-0.15, -0.1) is 0 Å². The van der Waals surface area contributed by atoms with Gasteiger partial charge in [0.2, 0.25) is 28.1 Å². The largest absolute Gasteiger partial charge is 0.506 e. The second-order valence-electron chi connectivity index (χ2n) is 35.2. The van der Waals surface area contributed by atoms with Crippen LogP contribution in [0.4, 0.5) is 0 Å². The summed E-state index contributed by atoms with van der Waals surface area (Å²) in [5, 5.41) is 21.7. The fraction of sp³-hybridized carbons (Fsp3) is 0.485. The Hall–Kier alpha value is -9.40. The minimum Gasteiger partial charge on any atom is -0.506 e. The zero-order chi connectivity index (χ0) is 91.5. The number of nitrogens with one attached hydrogen (secondary N) is 3. The van der Waals surface area contributed by atoms with Crippen LogP contribution in [0.2, 0.25) is 0 Å². The lowest BCUT2D eigenvalue weighted by Gasteiger charge is -2.42. The standard InChI is InChI=1S/C37H46N4O5.C24H29BrN2O3.C18H17BrO6S.C13H18N2O2.C7H16N2/c1-24-18-32-36(43)31-14-13-29(45-30-12-10-27(38-21-30)11-15-35(42)39-28-8-5-6-9-28)20-33(31)46-37(32)34(19-24)44-17-7-16-41-22-25(2)40(4)26(3)23-41;1-15-10-20-23(28)19-7-6-18(25)12-21(19)30-24(20)22(11-15)29-9-5-8-27-13-16(2)26(4)17(3)14-27;1-11-8-14-17(20)13-5-4-12(19)10-15(13)25-18(14)16(9-11)23-6-3-7-24-26(2,21)22;16-12-7-5-10(14-9-12)6-8-13(17)15-11-3-1-2-4-11;1-6-4-8-5-7(2)9(6)3/h10,12-14,18-21,25-26,28H,5-9,11,15-17,22-23H2,1-4H3,(H,39,42);6-7,10-12,16-17H,5,8-9,13-14H2,1-4H3;4-5,8-10H,3,6-7H2,1-2H3;5,7,9,11,16H,1-4,6,8H2,(H,15,17);6-8H,4-5H2,1-3H3/t25-,26+;16-,17+;;;6-,7+. The molecule has 2 amide bonds. The van der Waals surface area contributed by atoms with Crippen molar-refractivity contribution in [1.29, 1.82) is 0 Å². The molecule has 26 nitrogen and oxygen atoms in total. The number of fused-ring (bicyclic) bond motifs is 6. The molecule has 5 aliphatic rings. The molecule has 4 N–H and O–H groups in total. The van der Waals surface area contributed by atoms with E-state index in [-0.39, 0.29) is 47.1 Å². The Bertz CT molecular complexity index is 5900. The first-order chi connectivity index (χ1) is 61.3. The third-order valence-corrected chi connectivity index (χ3v) is 26.4. The predicted molar refractivity (Wildman–Crippen MR) is 514 cm³/mol. The van der Waals surface area contributed by atoms with Gasteiger partial charge in [-0.1, -0.05) is 57.5 Å². The van der Waals surface area contributed by atoms with Crippen molar-refractivity contribution in [2.75, 3.05) is 106 Å². The first-order valence-corrected chi connectivity index (χ1v) is 48.4. The molecule has 5 aromatic heterocycles. The number of benzene rings is 6. The van der Waals surface area contributed by atoms with Gasteiger partial charge in [-0.25, -0.2) is 0 Å². The molecule has 11 aromatic rings. The number of rotatable bonds is 26. The number of hydrogen-bond acceptors (Lipinski definition) is 24. The van der Waals surface area contributed by atoms with E-state index in [4.69, 9.17) is 37.3 Å². The van der Waals surface area contributed by atoms with E-state index in [0.717, 1.165) is 134 Å². The maximum atomic E-state index is 13.5. The number of hydrogen-bond donors (Lipinski definition) is 4. The first-order valence-electron chi connectivity index (χ1n) is 45.0. The Kier molecular flexibility index (Phi) is 35.0. The van der Waals surface area contributed by atoms with Crippen LogP contribution in [-0.2, 0) is 36.7 Å². The molecular formula is C99H126Br2N10O16S. The molecule has 2 aliphatic carbocycles. The highest BCUT2D eigenvalue weighted by Crippen LogP contribution is 2.36. The summed E-state index contributed by atoms with van der Waals surface area (Å²) in [6.07, 6.45) is 17.6. The number of aromatic nitrogens is 2. The Balaban J connectivity index is 0.000000157. The highest BCUT2D eigenvalue weighted by atomic mass is 79.9. The number of aryl methyl sites for hydroxylation is 5. The molecule has 688 valence electrons. The number of amides is 2. The summed E-state index contributed by atoms with van der Waals surface area (Å²) < 4.78 is 70.8. The molecule has 3 saturated heterocycles. The summed E-state index contributed by atoms with van der Waals surface area (Å²) >= 11 is 6.82. The molecule has 6 atom stereocenters. The van der Waals surface area contributed by atoms with Gasteiger partial charge in [-0.3, -0.25) is 52.8 Å². The molecule has 5 fully saturated rings. The summed E-state index contributed by atoms with van der Waals surface area (Å²) in [6.45, 7) is 29.3. The molecule has 8 heterocycles. The average molecular weight is 1900 g/mol. The second kappa shape index (κ2) is 45.9. The Morgan fingerprint density at radius 1 is 0.477 bits per heavy atom. The fourth-order valence-corrected chi connectivity index (χ4v) is 18.2. The van der Waals surface area contributed by atoms with E-state index in [1.807, 2.05) is 69.3 Å². The van der Waals surface area contributed by atoms with Crippen LogP contribution in [0.3, 0.4) is 0 Å². The Morgan fingerprint density at radius 2 is 0.852 bits per heavy atom. The molecule has 0 radical (unpaired) electrons. The van der Waals surface area contributed by atoms with E-state index in [9.17, 15) is 32.4 Å². The molecule has 6 aromatic carbocycles. The maximum absolute atomic E-state index is 13.5. The van der Waals surface area contributed by atoms with Crippen LogP contribution in [0.25, 0.3) is 65.8 Å². The number of ether oxygens (including phenoxy) is 4. The van der Waals surface area contributed by atoms with Crippen molar-refractivity contribution < 1.29 is 59.5 Å². The number of pyridine rings is 2. The molecule has 16 rings (SSSR count). The number of likely N-dealkylation sites (N-methyl/N-ethyl adjacent to an activating group) is 3. The van der Waals surface area contributed by atoms with Crippen LogP contribution in [0, 0.1) is 20.8 Å². The van der Waals surface area contributed by atoms with E-state index in [1.54, 1.807) is 72.9 Å². The number of nitrogens with zero attached hydrogens (tertiary/aromatic N) is 7. The molecule has 3 aliphatic heterocycles. The number of piperazine rings is 3. The number of carbonyl (C=O) groups excluding carboxylic acids is 2. The van der Waals surface area contributed by atoms with Gasteiger partial charge in [0.1, 0.15) is 34.0 Å². The van der Waals surface area contributed by atoms with Crippen LogP contribution in [-0.4, -0.2) is 214 Å². The highest BCUT2D eigenvalue weighted by Gasteiger charge is 2.29. The van der Waals surface area contributed by atoms with Gasteiger partial charge >= 0.3 is 0 Å². The topological polar surface area (TPSA) is 303 Å². The first kappa shape index (κ1) is 97.7. The normalized spacial score (nSPS) is 19.2. The quantitative estimate of drug-likeness (QED) is 0.0222. The zero-order valence-electron chi connectivity index (χ0n) is 76.2. The fourth-order valence-electron chi connectivity index (χ4n) is 17.1. The van der Waals surface area contributed by atoms with Gasteiger partial charge < -0.3 is 63.1 Å². The van der Waals surface area contributed by atoms with Gasteiger partial charge in [-0.2, -0.15) is 8.42 Å². The van der Waals surface area contributed by atoms with Crippen LogP contribution in [0.5, 0.6) is 34.5 Å². The molecule has 2 saturated carbocycles. The lowest BCUT2D eigenvalue weighted by molar-refractivity contribution is -0.122. The summed E-state index contributed by atoms with van der Waals surface area (Å²) in [7, 11) is 3.13. The van der Waals surface area contributed by atoms with Crippen molar-refractivity contribution in [3.8, 4) is 34.5 Å². The lowest BCUT2D eigenvalue weighted by atomic mass is 10.1. The third kappa shape index (κ3) is 27.4. The van der Waals surface area contributed by atoms with E-state index < -0.39 is 10.1 Å². The predicted octanol–water partition coefficient (Wildman–Crippen LogP) is 16.9. The number of halogens is 2. The van der Waals surface area contributed by atoms with Gasteiger partial charge in [0.05, 0.1) is 77.4 Å². The molecule has 128 heavy (non-hydrogen) atoms. The van der Waals surface area contributed by atoms with Crippen LogP contribution in [0.15, 0.2) is 164 Å². The minimum atomic E-state index is -3.46. The third-order valence-electron chi connectivity index (χ3n) is 24.8. The summed E-state index contributed by atoms with van der Waals surface area (Å²) in [6, 6.07) is 38.5. The smallest absolute Gasteiger partial charge is 0.264 e. The van der Waals surface area contributed by atoms with Crippen LogP contribution < -0.4 is 51.2 Å².